The zero-order chi connectivity index (χ0) is 15.0. The fourth-order valence-corrected chi connectivity index (χ4v) is 2.03. The van der Waals surface area contributed by atoms with Gasteiger partial charge in [-0.1, -0.05) is 0 Å². The normalized spacial score (nSPS) is 42.1. The molecule has 114 valence electrons. The average Bonchev–Trinajstić information content (AvgIpc) is 2.27. The van der Waals surface area contributed by atoms with Gasteiger partial charge in [0.2, 0.25) is 0 Å². The van der Waals surface area contributed by atoms with Crippen LogP contribution in [0.2, 0.25) is 0 Å². The smallest absolute Gasteiger partial charge is 0.388 e. The molecular formula is C8H17O10P. The third-order valence-electron chi connectivity index (χ3n) is 2.73. The van der Waals surface area contributed by atoms with Gasteiger partial charge in [-0.15, -0.1) is 0 Å². The Morgan fingerprint density at radius 2 is 1.84 bits per heavy atom. The Hall–Kier alpha value is -0.130. The number of ether oxygens (including phenoxy) is 1. The van der Waals surface area contributed by atoms with Gasteiger partial charge in [0.25, 0.3) is 0 Å². The molecule has 0 radical (unpaired) electrons. The third kappa shape index (κ3) is 4.17. The molecule has 1 fully saturated rings. The molecule has 1 aliphatic heterocycles. The molecule has 0 amide bonds. The van der Waals surface area contributed by atoms with Gasteiger partial charge in [0.05, 0.1) is 6.61 Å². The predicted molar refractivity (Wildman–Crippen MR) is 57.5 cm³/mol. The number of rotatable bonds is 4. The summed E-state index contributed by atoms with van der Waals surface area (Å²) in [5, 5.41) is 47.7. The maximum absolute atomic E-state index is 10.5. The first-order chi connectivity index (χ1) is 8.46. The lowest BCUT2D eigenvalue weighted by Crippen LogP contribution is -2.66. The summed E-state index contributed by atoms with van der Waals surface area (Å²) >= 11 is 0. The van der Waals surface area contributed by atoms with E-state index in [0.717, 1.165) is 6.92 Å². The molecular weight excluding hydrogens is 287 g/mol. The van der Waals surface area contributed by atoms with Crippen molar-refractivity contribution < 1.29 is 49.1 Å². The Labute approximate surface area is 108 Å². The molecule has 0 aliphatic carbocycles. The van der Waals surface area contributed by atoms with Gasteiger partial charge in [-0.25, -0.2) is 4.57 Å². The van der Waals surface area contributed by atoms with Gasteiger partial charge in [-0.3, -0.25) is 4.52 Å². The second kappa shape index (κ2) is 5.70. The largest absolute Gasteiger partial charge is 0.469 e. The minimum atomic E-state index is -4.82. The summed E-state index contributed by atoms with van der Waals surface area (Å²) in [6.07, 6.45) is -8.73. The number of hydrogen-bond acceptors (Lipinski definition) is 8. The number of aliphatic hydroxyl groups is 5. The first kappa shape index (κ1) is 16.9. The lowest BCUT2D eigenvalue weighted by Gasteiger charge is -2.45. The summed E-state index contributed by atoms with van der Waals surface area (Å²) in [6.45, 7) is 0.0984. The van der Waals surface area contributed by atoms with Crippen LogP contribution in [0.15, 0.2) is 0 Å². The highest BCUT2D eigenvalue weighted by atomic mass is 31.2. The molecule has 0 spiro atoms. The van der Waals surface area contributed by atoms with E-state index >= 15 is 0 Å². The first-order valence-electron chi connectivity index (χ1n) is 5.28. The van der Waals surface area contributed by atoms with Gasteiger partial charge >= 0.3 is 7.82 Å². The van der Waals surface area contributed by atoms with Gasteiger partial charge < -0.3 is 40.1 Å². The van der Waals surface area contributed by atoms with Gasteiger partial charge in [0, 0.05) is 0 Å². The van der Waals surface area contributed by atoms with Crippen LogP contribution in [0.1, 0.15) is 6.92 Å². The van der Waals surface area contributed by atoms with E-state index in [0.29, 0.717) is 0 Å². The molecule has 0 unspecified atom stereocenters. The van der Waals surface area contributed by atoms with Crippen LogP contribution in [0.4, 0.5) is 0 Å². The molecule has 1 heterocycles. The maximum Gasteiger partial charge on any atom is 0.469 e. The summed E-state index contributed by atoms with van der Waals surface area (Å²) in [5.41, 5.74) is 0. The average molecular weight is 304 g/mol. The van der Waals surface area contributed by atoms with E-state index in [-0.39, 0.29) is 0 Å². The van der Waals surface area contributed by atoms with E-state index in [1.54, 1.807) is 0 Å². The lowest BCUT2D eigenvalue weighted by molar-refractivity contribution is -0.349. The van der Waals surface area contributed by atoms with Crippen LogP contribution in [0.3, 0.4) is 0 Å². The standard InChI is InChI=1S/C8H17O10P/c1-8(13)7(12)5(11)4(10)6(18-8)3(9)2-17-19(14,15)16/h3-7,9-13H,2H2,1H3,(H2,14,15,16)/t3-,4+,5+,6-,7-,8+/m1/s1. The zero-order valence-electron chi connectivity index (χ0n) is 9.90. The van der Waals surface area contributed by atoms with E-state index in [1.807, 2.05) is 0 Å². The van der Waals surface area contributed by atoms with Crippen LogP contribution in [0.5, 0.6) is 0 Å². The van der Waals surface area contributed by atoms with Crippen molar-refractivity contribution in [2.24, 2.45) is 0 Å². The van der Waals surface area contributed by atoms with Crippen molar-refractivity contribution in [3.05, 3.63) is 0 Å². The second-order valence-corrected chi connectivity index (χ2v) is 5.66. The minimum Gasteiger partial charge on any atom is -0.388 e. The Morgan fingerprint density at radius 3 is 2.32 bits per heavy atom. The molecule has 0 aromatic heterocycles. The lowest BCUT2D eigenvalue weighted by atomic mass is 9.91. The number of phosphoric ester groups is 1. The number of hydrogen-bond donors (Lipinski definition) is 7. The maximum atomic E-state index is 10.5. The van der Waals surface area contributed by atoms with Crippen LogP contribution >= 0.6 is 7.82 Å². The molecule has 0 saturated carbocycles. The number of phosphoric acid groups is 1. The summed E-state index contributed by atoms with van der Waals surface area (Å²) < 4.78 is 19.3. The summed E-state index contributed by atoms with van der Waals surface area (Å²) in [5.74, 6) is -2.24. The molecule has 6 atom stereocenters. The highest BCUT2D eigenvalue weighted by Gasteiger charge is 2.52. The first-order valence-corrected chi connectivity index (χ1v) is 6.81. The Kier molecular flexibility index (Phi) is 5.08. The van der Waals surface area contributed by atoms with E-state index in [1.165, 1.54) is 0 Å². The third-order valence-corrected chi connectivity index (χ3v) is 3.21. The van der Waals surface area contributed by atoms with E-state index in [4.69, 9.17) is 14.5 Å². The Balaban J connectivity index is 2.73. The highest BCUT2D eigenvalue weighted by Crippen LogP contribution is 2.37. The summed E-state index contributed by atoms with van der Waals surface area (Å²) in [7, 11) is -4.82. The van der Waals surface area contributed by atoms with Crippen molar-refractivity contribution in [3.63, 3.8) is 0 Å². The Bertz CT molecular complexity index is 353. The van der Waals surface area contributed by atoms with Crippen molar-refractivity contribution in [3.8, 4) is 0 Å². The van der Waals surface area contributed by atoms with Gasteiger partial charge in [0.1, 0.15) is 30.5 Å². The molecule has 7 N–H and O–H groups in total. The summed E-state index contributed by atoms with van der Waals surface area (Å²) in [6, 6.07) is 0. The molecule has 0 bridgehead atoms. The quantitative estimate of drug-likeness (QED) is 0.259. The minimum absolute atomic E-state index is 0.898. The van der Waals surface area contributed by atoms with Gasteiger partial charge in [-0.2, -0.15) is 0 Å². The molecule has 1 saturated heterocycles. The van der Waals surface area contributed by atoms with Crippen molar-refractivity contribution in [2.75, 3.05) is 6.61 Å². The molecule has 0 aromatic rings. The van der Waals surface area contributed by atoms with Crippen molar-refractivity contribution in [1.82, 2.24) is 0 Å². The molecule has 19 heavy (non-hydrogen) atoms. The monoisotopic (exact) mass is 304 g/mol. The van der Waals surface area contributed by atoms with E-state index < -0.39 is 50.7 Å². The molecule has 0 aromatic carbocycles. The van der Waals surface area contributed by atoms with E-state index in [9.17, 15) is 30.1 Å². The van der Waals surface area contributed by atoms with Crippen molar-refractivity contribution in [1.29, 1.82) is 0 Å². The fourth-order valence-electron chi connectivity index (χ4n) is 1.69. The van der Waals surface area contributed by atoms with E-state index in [2.05, 4.69) is 4.52 Å². The van der Waals surface area contributed by atoms with Gasteiger partial charge in [-0.05, 0) is 6.92 Å². The molecule has 1 rings (SSSR count). The Morgan fingerprint density at radius 1 is 1.32 bits per heavy atom. The van der Waals surface area contributed by atoms with Crippen LogP contribution < -0.4 is 0 Å². The second-order valence-electron chi connectivity index (χ2n) is 4.42. The molecule has 10 nitrogen and oxygen atoms in total. The van der Waals surface area contributed by atoms with Crippen LogP contribution in [-0.2, 0) is 13.8 Å². The zero-order valence-corrected chi connectivity index (χ0v) is 10.8. The SMILES string of the molecule is C[C@]1(O)O[C@H]([C@H](O)COP(=O)(O)O)[C@@H](O)[C@H](O)[C@H]1O. The summed E-state index contributed by atoms with van der Waals surface area (Å²) in [4.78, 5) is 16.9. The molecule has 11 heteroatoms. The van der Waals surface area contributed by atoms with Crippen LogP contribution in [0, 0.1) is 0 Å². The fraction of sp³-hybridized carbons (Fsp3) is 1.00. The van der Waals surface area contributed by atoms with Crippen LogP contribution in [-0.4, -0.2) is 78.2 Å². The van der Waals surface area contributed by atoms with Crippen LogP contribution in [0.25, 0.3) is 0 Å². The van der Waals surface area contributed by atoms with Crippen molar-refractivity contribution >= 4 is 7.82 Å². The topological polar surface area (TPSA) is 177 Å². The predicted octanol–water partition coefficient (Wildman–Crippen LogP) is -3.35. The van der Waals surface area contributed by atoms with Gasteiger partial charge in [0.15, 0.2) is 5.79 Å². The van der Waals surface area contributed by atoms with Crippen molar-refractivity contribution in [2.45, 2.75) is 43.2 Å². The highest BCUT2D eigenvalue weighted by molar-refractivity contribution is 7.46. The number of aliphatic hydroxyl groups excluding tert-OH is 4. The molecule has 1 aliphatic rings.